The maximum absolute atomic E-state index is 12.4. The number of aromatic nitrogens is 1. The first kappa shape index (κ1) is 20.9. The molecule has 1 unspecified atom stereocenters. The van der Waals surface area contributed by atoms with E-state index in [0.29, 0.717) is 11.3 Å². The molecule has 4 rings (SSSR count). The van der Waals surface area contributed by atoms with Crippen LogP contribution < -0.4 is 9.47 Å². The molecular weight excluding hydrogens is 400 g/mol. The highest BCUT2D eigenvalue weighted by Gasteiger charge is 2.53. The smallest absolute Gasteiger partial charge is 0.350 e. The fraction of sp³-hybridized carbons (Fsp3) is 0.478. The maximum Gasteiger partial charge on any atom is 0.350 e. The van der Waals surface area contributed by atoms with Crippen molar-refractivity contribution in [3.63, 3.8) is 0 Å². The Morgan fingerprint density at radius 2 is 2.30 bits per heavy atom. The number of hydrogen-bond acceptors (Lipinski definition) is 7. The molecule has 0 N–H and O–H groups in total. The van der Waals surface area contributed by atoms with Crippen molar-refractivity contribution in [1.29, 1.82) is 0 Å². The van der Waals surface area contributed by atoms with Crippen LogP contribution in [0.5, 0.6) is 11.5 Å². The Morgan fingerprint density at radius 1 is 1.50 bits per heavy atom. The summed E-state index contributed by atoms with van der Waals surface area (Å²) in [7, 11) is 3.80. The van der Waals surface area contributed by atoms with Crippen LogP contribution in [0.25, 0.3) is 0 Å². The number of nitrogens with zero attached hydrogens (tertiary/aromatic N) is 2. The number of esters is 1. The molecule has 30 heavy (non-hydrogen) atoms. The second kappa shape index (κ2) is 8.04. The van der Waals surface area contributed by atoms with Gasteiger partial charge in [0.25, 0.3) is 0 Å². The van der Waals surface area contributed by atoms with Crippen molar-refractivity contribution in [2.45, 2.75) is 50.9 Å². The van der Waals surface area contributed by atoms with Gasteiger partial charge in [0.05, 0.1) is 24.2 Å². The summed E-state index contributed by atoms with van der Waals surface area (Å²) in [6.07, 6.45) is 2.50. The van der Waals surface area contributed by atoms with Gasteiger partial charge in [0.2, 0.25) is 0 Å². The fourth-order valence-corrected chi connectivity index (χ4v) is 5.29. The van der Waals surface area contributed by atoms with Crippen molar-refractivity contribution < 1.29 is 19.0 Å². The molecule has 0 radical (unpaired) electrons. The zero-order valence-electron chi connectivity index (χ0n) is 17.9. The summed E-state index contributed by atoms with van der Waals surface area (Å²) in [5.41, 5.74) is 4.78. The van der Waals surface area contributed by atoms with E-state index in [2.05, 4.69) is 36.5 Å². The lowest BCUT2D eigenvalue weighted by Gasteiger charge is -2.36. The SMILES string of the molecule is C=C(C)[C@@]12CCN(C)Cc3ccc(OC)c(c31)OC2C[C@H](C)OC(=O)c1cncs1. The van der Waals surface area contributed by atoms with Crippen LogP contribution in [-0.4, -0.2) is 48.8 Å². The van der Waals surface area contributed by atoms with E-state index < -0.39 is 0 Å². The van der Waals surface area contributed by atoms with Gasteiger partial charge in [-0.1, -0.05) is 18.2 Å². The van der Waals surface area contributed by atoms with Crippen molar-refractivity contribution in [2.75, 3.05) is 20.7 Å². The second-order valence-electron chi connectivity index (χ2n) is 8.29. The van der Waals surface area contributed by atoms with Gasteiger partial charge in [-0.3, -0.25) is 4.98 Å². The Balaban J connectivity index is 1.68. The summed E-state index contributed by atoms with van der Waals surface area (Å²) < 4.78 is 17.9. The van der Waals surface area contributed by atoms with E-state index in [-0.39, 0.29) is 23.6 Å². The lowest BCUT2D eigenvalue weighted by Crippen LogP contribution is -2.42. The number of carbonyl (C=O) groups is 1. The number of thiazole rings is 1. The molecule has 160 valence electrons. The minimum absolute atomic E-state index is 0.184. The van der Waals surface area contributed by atoms with Crippen LogP contribution in [0.4, 0.5) is 0 Å². The number of hydrogen-bond donors (Lipinski definition) is 0. The van der Waals surface area contributed by atoms with E-state index in [9.17, 15) is 4.79 Å². The monoisotopic (exact) mass is 428 g/mol. The van der Waals surface area contributed by atoms with Crippen molar-refractivity contribution >= 4 is 17.3 Å². The number of ether oxygens (including phenoxy) is 3. The lowest BCUT2D eigenvalue weighted by atomic mass is 9.67. The first-order valence-corrected chi connectivity index (χ1v) is 11.1. The van der Waals surface area contributed by atoms with Gasteiger partial charge in [-0.15, -0.1) is 11.3 Å². The van der Waals surface area contributed by atoms with Crippen molar-refractivity contribution in [3.8, 4) is 11.5 Å². The minimum Gasteiger partial charge on any atom is -0.493 e. The largest absolute Gasteiger partial charge is 0.493 e. The number of methoxy groups -OCH3 is 1. The Kier molecular flexibility index (Phi) is 5.59. The van der Waals surface area contributed by atoms with E-state index in [1.165, 1.54) is 28.7 Å². The molecule has 7 heteroatoms. The van der Waals surface area contributed by atoms with Gasteiger partial charge in [-0.2, -0.15) is 0 Å². The standard InChI is InChI=1S/C23H28N2O4S/c1-14(2)23-8-9-25(4)12-16-6-7-17(27-5)21(20(16)23)29-19(23)10-15(3)28-22(26)18-11-24-13-30-18/h6-7,11,13,15,19H,1,8-10,12H2,2-5H3/t15-,19?,23+/m0/s1. The molecule has 0 fully saturated rings. The third-order valence-corrected chi connectivity index (χ3v) is 7.01. The molecule has 3 atom stereocenters. The molecule has 0 aliphatic carbocycles. The van der Waals surface area contributed by atoms with Gasteiger partial charge in [-0.05, 0) is 45.5 Å². The summed E-state index contributed by atoms with van der Waals surface area (Å²) in [6.45, 7) is 10.2. The van der Waals surface area contributed by atoms with E-state index in [4.69, 9.17) is 14.2 Å². The number of rotatable bonds is 6. The molecule has 2 aliphatic heterocycles. The summed E-state index contributed by atoms with van der Waals surface area (Å²) in [5.74, 6) is 1.20. The molecule has 1 aromatic heterocycles. The first-order chi connectivity index (χ1) is 14.4. The topological polar surface area (TPSA) is 60.9 Å². The van der Waals surface area contributed by atoms with Crippen LogP contribution in [0.1, 0.15) is 47.5 Å². The molecular formula is C23H28N2O4S. The van der Waals surface area contributed by atoms with Gasteiger partial charge in [0, 0.05) is 18.5 Å². The second-order valence-corrected chi connectivity index (χ2v) is 9.18. The molecule has 3 heterocycles. The molecule has 2 aromatic rings. The van der Waals surface area contributed by atoms with Crippen molar-refractivity contribution in [2.24, 2.45) is 0 Å². The van der Waals surface area contributed by atoms with Gasteiger partial charge < -0.3 is 19.1 Å². The first-order valence-electron chi connectivity index (χ1n) is 10.2. The zero-order chi connectivity index (χ0) is 21.5. The third kappa shape index (κ3) is 3.40. The highest BCUT2D eigenvalue weighted by atomic mass is 32.1. The Bertz CT molecular complexity index is 958. The van der Waals surface area contributed by atoms with Gasteiger partial charge in [0.1, 0.15) is 17.1 Å². The van der Waals surface area contributed by atoms with Gasteiger partial charge in [-0.25, -0.2) is 4.79 Å². The Morgan fingerprint density at radius 3 is 2.97 bits per heavy atom. The summed E-state index contributed by atoms with van der Waals surface area (Å²) in [4.78, 5) is 19.2. The van der Waals surface area contributed by atoms with Crippen LogP contribution in [-0.2, 0) is 16.7 Å². The highest BCUT2D eigenvalue weighted by molar-refractivity contribution is 7.11. The summed E-state index contributed by atoms with van der Waals surface area (Å²) >= 11 is 1.28. The number of benzene rings is 1. The zero-order valence-corrected chi connectivity index (χ0v) is 18.8. The number of carbonyl (C=O) groups excluding carboxylic acids is 1. The van der Waals surface area contributed by atoms with E-state index in [1.807, 2.05) is 13.0 Å². The molecule has 0 amide bonds. The minimum atomic E-state index is -0.344. The van der Waals surface area contributed by atoms with Crippen molar-refractivity contribution in [3.05, 3.63) is 52.0 Å². The molecule has 0 spiro atoms. The van der Waals surface area contributed by atoms with E-state index >= 15 is 0 Å². The molecule has 0 saturated heterocycles. The fourth-order valence-electron chi connectivity index (χ4n) is 4.79. The molecule has 1 aromatic carbocycles. The Hall–Kier alpha value is -2.38. The van der Waals surface area contributed by atoms with Crippen molar-refractivity contribution in [1.82, 2.24) is 9.88 Å². The maximum atomic E-state index is 12.4. The normalized spacial score (nSPS) is 23.8. The van der Waals surface area contributed by atoms with Crippen LogP contribution in [0.15, 0.2) is 36.0 Å². The van der Waals surface area contributed by atoms with Gasteiger partial charge >= 0.3 is 5.97 Å². The van der Waals surface area contributed by atoms with E-state index in [0.717, 1.165) is 36.6 Å². The predicted octanol–water partition coefficient (Wildman–Crippen LogP) is 4.20. The van der Waals surface area contributed by atoms with Crippen LogP contribution in [0.2, 0.25) is 0 Å². The molecule has 0 saturated carbocycles. The van der Waals surface area contributed by atoms with Crippen LogP contribution in [0, 0.1) is 0 Å². The highest BCUT2D eigenvalue weighted by Crippen LogP contribution is 2.56. The molecule has 2 aliphatic rings. The van der Waals surface area contributed by atoms with Crippen LogP contribution >= 0.6 is 11.3 Å². The lowest BCUT2D eigenvalue weighted by molar-refractivity contribution is 0.0185. The average Bonchev–Trinajstić information content (AvgIpc) is 3.30. The molecule has 6 nitrogen and oxygen atoms in total. The third-order valence-electron chi connectivity index (χ3n) is 6.26. The van der Waals surface area contributed by atoms with Gasteiger partial charge in [0.15, 0.2) is 11.5 Å². The summed E-state index contributed by atoms with van der Waals surface area (Å²) in [5, 5.41) is 0. The quantitative estimate of drug-likeness (QED) is 0.508. The molecule has 0 bridgehead atoms. The average molecular weight is 429 g/mol. The predicted molar refractivity (Wildman–Crippen MR) is 116 cm³/mol. The Labute approximate surface area is 181 Å². The summed E-state index contributed by atoms with van der Waals surface area (Å²) in [6, 6.07) is 4.11. The van der Waals surface area contributed by atoms with E-state index in [1.54, 1.807) is 12.6 Å². The van der Waals surface area contributed by atoms with Crippen LogP contribution in [0.3, 0.4) is 0 Å².